The van der Waals surface area contributed by atoms with Gasteiger partial charge in [-0.25, -0.2) is 4.98 Å². The van der Waals surface area contributed by atoms with Gasteiger partial charge in [0.1, 0.15) is 5.03 Å². The quantitative estimate of drug-likeness (QED) is 0.498. The van der Waals surface area contributed by atoms with Gasteiger partial charge in [0.15, 0.2) is 0 Å². The van der Waals surface area contributed by atoms with Crippen molar-refractivity contribution in [2.24, 2.45) is 0 Å². The molecular weight excluding hydrogens is 236 g/mol. The average Bonchev–Trinajstić information content (AvgIpc) is 1.99. The molecule has 1 heterocycles. The third-order valence-corrected chi connectivity index (χ3v) is 1.83. The van der Waals surface area contributed by atoms with Crippen LogP contribution in [0, 0.1) is 0 Å². The van der Waals surface area contributed by atoms with Crippen LogP contribution in [0.5, 0.6) is 5.88 Å². The second-order valence-corrected chi connectivity index (χ2v) is 3.42. The highest BCUT2D eigenvalue weighted by atomic mass is 35.5. The fourth-order valence-electron chi connectivity index (χ4n) is 0.696. The maximum absolute atomic E-state index is 12.2. The van der Waals surface area contributed by atoms with Crippen molar-refractivity contribution in [2.75, 3.05) is 12.0 Å². The normalized spacial score (nSPS) is 11.4. The minimum atomic E-state index is -3.80. The number of hydrogen-bond donors (Lipinski definition) is 1. The summed E-state index contributed by atoms with van der Waals surface area (Å²) in [5.74, 6) is -0.505. The molecule has 0 saturated heterocycles. The third kappa shape index (κ3) is 3.51. The van der Waals surface area contributed by atoms with Crippen LogP contribution in [-0.4, -0.2) is 21.8 Å². The summed E-state index contributed by atoms with van der Waals surface area (Å²) in [4.78, 5) is 7.18. The first-order valence-electron chi connectivity index (χ1n) is 3.35. The molecule has 0 aromatic carbocycles. The zero-order valence-corrected chi connectivity index (χ0v) is 8.57. The Labute approximate surface area is 87.8 Å². The molecule has 0 radical (unpaired) electrons. The van der Waals surface area contributed by atoms with E-state index >= 15 is 0 Å². The number of nitrogens with zero attached hydrogens (tertiary/aromatic N) is 2. The molecule has 0 spiro atoms. The summed E-state index contributed by atoms with van der Waals surface area (Å²) in [7, 11) is 0. The summed E-state index contributed by atoms with van der Waals surface area (Å²) in [5.41, 5.74) is 1.46. The largest absolute Gasteiger partial charge is 0.488 e. The minimum Gasteiger partial charge on any atom is -0.402 e. The zero-order chi connectivity index (χ0) is 10.8. The number of hydrogen-bond acceptors (Lipinski definition) is 5. The van der Waals surface area contributed by atoms with Gasteiger partial charge in [-0.2, -0.15) is 4.98 Å². The van der Waals surface area contributed by atoms with Crippen LogP contribution >= 0.6 is 23.4 Å². The molecule has 0 aliphatic carbocycles. The first-order chi connectivity index (χ1) is 6.40. The number of nitrogens with two attached hydrogens (primary N) is 1. The first-order valence-corrected chi connectivity index (χ1v) is 4.95. The standard InChI is InChI=1S/C6H6ClF2N3OS/c1-14-4-2-3(11-5(10)12-4)13-6(7,8)9/h2H,1H3,(H2,10,11,12). The summed E-state index contributed by atoms with van der Waals surface area (Å²) >= 11 is 5.78. The molecule has 2 N–H and O–H groups in total. The molecule has 0 aliphatic rings. The van der Waals surface area contributed by atoms with Crippen molar-refractivity contribution in [3.05, 3.63) is 6.07 Å². The molecule has 78 valence electrons. The highest BCUT2D eigenvalue weighted by Crippen LogP contribution is 2.26. The zero-order valence-electron chi connectivity index (χ0n) is 7.00. The Balaban J connectivity index is 2.92. The second kappa shape index (κ2) is 4.14. The lowest BCUT2D eigenvalue weighted by Gasteiger charge is -2.09. The predicted octanol–water partition coefficient (Wildman–Crippen LogP) is 1.95. The van der Waals surface area contributed by atoms with Gasteiger partial charge in [-0.3, -0.25) is 0 Å². The predicted molar refractivity (Wildman–Crippen MR) is 49.7 cm³/mol. The van der Waals surface area contributed by atoms with Gasteiger partial charge in [-0.15, -0.1) is 20.5 Å². The molecule has 1 aromatic rings. The van der Waals surface area contributed by atoms with Gasteiger partial charge in [0.2, 0.25) is 11.8 Å². The summed E-state index contributed by atoms with van der Waals surface area (Å²) < 4.78 is 28.4. The SMILES string of the molecule is CSc1cc(OC(F)(F)Cl)nc(N)n1. The average molecular weight is 242 g/mol. The summed E-state index contributed by atoms with van der Waals surface area (Å²) in [6.45, 7) is 0. The molecule has 0 saturated carbocycles. The van der Waals surface area contributed by atoms with E-state index in [4.69, 9.17) is 5.73 Å². The van der Waals surface area contributed by atoms with Gasteiger partial charge in [-0.05, 0) is 6.26 Å². The van der Waals surface area contributed by atoms with Gasteiger partial charge < -0.3 is 10.5 Å². The van der Waals surface area contributed by atoms with Crippen molar-refractivity contribution in [1.82, 2.24) is 9.97 Å². The summed E-state index contributed by atoms with van der Waals surface area (Å²) in [6, 6.07) is 1.22. The monoisotopic (exact) mass is 241 g/mol. The third-order valence-electron chi connectivity index (χ3n) is 1.13. The van der Waals surface area contributed by atoms with Gasteiger partial charge in [0.05, 0.1) is 0 Å². The van der Waals surface area contributed by atoms with E-state index in [1.807, 2.05) is 0 Å². The van der Waals surface area contributed by atoms with E-state index in [9.17, 15) is 8.78 Å². The van der Waals surface area contributed by atoms with Crippen LogP contribution in [0.2, 0.25) is 0 Å². The highest BCUT2D eigenvalue weighted by Gasteiger charge is 2.28. The number of aromatic nitrogens is 2. The van der Waals surface area contributed by atoms with E-state index in [0.29, 0.717) is 5.03 Å². The van der Waals surface area contributed by atoms with E-state index in [2.05, 4.69) is 26.3 Å². The van der Waals surface area contributed by atoms with Crippen LogP contribution < -0.4 is 10.5 Å². The Kier molecular flexibility index (Phi) is 3.33. The molecule has 0 atom stereocenters. The van der Waals surface area contributed by atoms with Crippen LogP contribution in [0.1, 0.15) is 0 Å². The Hall–Kier alpha value is -0.820. The molecule has 14 heavy (non-hydrogen) atoms. The molecule has 0 aliphatic heterocycles. The molecule has 0 bridgehead atoms. The van der Waals surface area contributed by atoms with Crippen molar-refractivity contribution < 1.29 is 13.5 Å². The molecule has 1 rings (SSSR count). The summed E-state index contributed by atoms with van der Waals surface area (Å²) in [6.07, 6.45) is 1.71. The lowest BCUT2D eigenvalue weighted by atomic mass is 10.6. The number of rotatable bonds is 3. The number of nitrogen functional groups attached to an aromatic ring is 1. The highest BCUT2D eigenvalue weighted by molar-refractivity contribution is 7.98. The van der Waals surface area contributed by atoms with Crippen LogP contribution in [0.15, 0.2) is 11.1 Å². The van der Waals surface area contributed by atoms with E-state index in [1.54, 1.807) is 6.26 Å². The number of anilines is 1. The number of thioether (sulfide) groups is 1. The maximum Gasteiger partial charge on any atom is 0.488 e. The molecular formula is C6H6ClF2N3OS. The van der Waals surface area contributed by atoms with Crippen LogP contribution in [0.25, 0.3) is 0 Å². The topological polar surface area (TPSA) is 61.0 Å². The molecule has 1 aromatic heterocycles. The van der Waals surface area contributed by atoms with Crippen LogP contribution in [-0.2, 0) is 0 Å². The molecule has 8 heteroatoms. The van der Waals surface area contributed by atoms with Gasteiger partial charge in [0.25, 0.3) is 0 Å². The lowest BCUT2D eigenvalue weighted by Crippen LogP contribution is -2.17. The lowest BCUT2D eigenvalue weighted by molar-refractivity contribution is -0.0992. The van der Waals surface area contributed by atoms with Gasteiger partial charge in [-0.1, -0.05) is 0 Å². The maximum atomic E-state index is 12.2. The Morgan fingerprint density at radius 2 is 2.21 bits per heavy atom. The minimum absolute atomic E-state index is 0.146. The van der Waals surface area contributed by atoms with Crippen molar-refractivity contribution in [3.8, 4) is 5.88 Å². The van der Waals surface area contributed by atoms with Crippen molar-refractivity contribution in [1.29, 1.82) is 0 Å². The van der Waals surface area contributed by atoms with Crippen LogP contribution in [0.4, 0.5) is 14.7 Å². The van der Waals surface area contributed by atoms with Crippen molar-refractivity contribution >= 4 is 29.3 Å². The van der Waals surface area contributed by atoms with Crippen LogP contribution in [0.3, 0.4) is 0 Å². The van der Waals surface area contributed by atoms with E-state index < -0.39 is 5.57 Å². The number of alkyl halides is 3. The van der Waals surface area contributed by atoms with Crippen molar-refractivity contribution in [2.45, 2.75) is 10.6 Å². The van der Waals surface area contributed by atoms with Gasteiger partial charge in [0, 0.05) is 17.7 Å². The molecule has 0 fully saturated rings. The Bertz CT molecular complexity index is 333. The van der Waals surface area contributed by atoms with E-state index in [0.717, 1.165) is 0 Å². The smallest absolute Gasteiger partial charge is 0.402 e. The fraction of sp³-hybridized carbons (Fsp3) is 0.333. The molecule has 0 unspecified atom stereocenters. The van der Waals surface area contributed by atoms with Crippen molar-refractivity contribution in [3.63, 3.8) is 0 Å². The first kappa shape index (κ1) is 11.3. The molecule has 0 amide bonds. The Morgan fingerprint density at radius 1 is 1.57 bits per heavy atom. The van der Waals surface area contributed by atoms with E-state index in [1.165, 1.54) is 17.8 Å². The number of ether oxygens (including phenoxy) is 1. The molecule has 4 nitrogen and oxygen atoms in total. The fourth-order valence-corrected chi connectivity index (χ4v) is 1.18. The van der Waals surface area contributed by atoms with Gasteiger partial charge >= 0.3 is 5.57 Å². The second-order valence-electron chi connectivity index (χ2n) is 2.15. The summed E-state index contributed by atoms with van der Waals surface area (Å²) in [5, 5.41) is 0.424. The number of halogens is 3. The Morgan fingerprint density at radius 3 is 2.71 bits per heavy atom. The van der Waals surface area contributed by atoms with E-state index in [-0.39, 0.29) is 11.8 Å².